The number of hydrogen-bond donors (Lipinski definition) is 1. The minimum atomic E-state index is -0.461. The van der Waals surface area contributed by atoms with Crippen LogP contribution in [0.25, 0.3) is 0 Å². The van der Waals surface area contributed by atoms with E-state index in [9.17, 15) is 14.4 Å². The van der Waals surface area contributed by atoms with Crippen LogP contribution in [0.3, 0.4) is 0 Å². The lowest BCUT2D eigenvalue weighted by molar-refractivity contribution is -0.121. The zero-order chi connectivity index (χ0) is 16.1. The molecule has 1 saturated carbocycles. The summed E-state index contributed by atoms with van der Waals surface area (Å²) < 4.78 is 4.67. The Morgan fingerprint density at radius 2 is 2.05 bits per heavy atom. The molecule has 6 heteroatoms. The number of nitrogens with zero attached hydrogens (tertiary/aromatic N) is 1. The Balaban J connectivity index is 2.04. The van der Waals surface area contributed by atoms with E-state index in [1.54, 1.807) is 24.3 Å². The largest absolute Gasteiger partial charge is 0.465 e. The first kappa shape index (κ1) is 16.0. The third-order valence-electron chi connectivity index (χ3n) is 3.46. The van der Waals surface area contributed by atoms with Crippen LogP contribution in [-0.2, 0) is 14.3 Å². The summed E-state index contributed by atoms with van der Waals surface area (Å²) in [5.41, 5.74) is 0.948. The van der Waals surface area contributed by atoms with Crippen LogP contribution in [-0.4, -0.2) is 37.5 Å². The first-order valence-electron chi connectivity index (χ1n) is 7.27. The van der Waals surface area contributed by atoms with E-state index in [0.717, 1.165) is 12.8 Å². The maximum Gasteiger partial charge on any atom is 0.337 e. The lowest BCUT2D eigenvalue weighted by Gasteiger charge is -2.21. The summed E-state index contributed by atoms with van der Waals surface area (Å²) in [6.45, 7) is 1.71. The fourth-order valence-corrected chi connectivity index (χ4v) is 2.13. The number of methoxy groups -OCH3 is 1. The normalized spacial score (nSPS) is 13.4. The first-order chi connectivity index (χ1) is 10.5. The summed E-state index contributed by atoms with van der Waals surface area (Å²) >= 11 is 0. The molecule has 0 atom stereocenters. The summed E-state index contributed by atoms with van der Waals surface area (Å²) in [5, 5.41) is 2.89. The minimum Gasteiger partial charge on any atom is -0.465 e. The Hall–Kier alpha value is -2.37. The Labute approximate surface area is 129 Å². The summed E-state index contributed by atoms with van der Waals surface area (Å²) in [4.78, 5) is 36.6. The second kappa shape index (κ2) is 7.06. The Morgan fingerprint density at radius 1 is 1.32 bits per heavy atom. The lowest BCUT2D eigenvalue weighted by atomic mass is 10.2. The minimum absolute atomic E-state index is 0.0575. The average molecular weight is 304 g/mol. The molecule has 0 unspecified atom stereocenters. The number of rotatable bonds is 6. The van der Waals surface area contributed by atoms with Gasteiger partial charge >= 0.3 is 5.97 Å². The maximum atomic E-state index is 11.8. The van der Waals surface area contributed by atoms with Crippen molar-refractivity contribution in [3.8, 4) is 0 Å². The van der Waals surface area contributed by atoms with Gasteiger partial charge in [-0.15, -0.1) is 0 Å². The van der Waals surface area contributed by atoms with Crippen molar-refractivity contribution >= 4 is 23.5 Å². The van der Waals surface area contributed by atoms with Gasteiger partial charge in [0.25, 0.3) is 0 Å². The third kappa shape index (κ3) is 4.31. The molecule has 1 fully saturated rings. The van der Waals surface area contributed by atoms with Crippen LogP contribution in [0.1, 0.15) is 36.5 Å². The molecule has 118 valence electrons. The summed E-state index contributed by atoms with van der Waals surface area (Å²) in [6, 6.07) is 6.93. The van der Waals surface area contributed by atoms with Gasteiger partial charge in [-0.25, -0.2) is 4.79 Å². The van der Waals surface area contributed by atoms with Gasteiger partial charge in [-0.2, -0.15) is 0 Å². The van der Waals surface area contributed by atoms with Crippen molar-refractivity contribution in [1.82, 2.24) is 5.32 Å². The summed E-state index contributed by atoms with van der Waals surface area (Å²) in [6.07, 6.45) is 2.30. The summed E-state index contributed by atoms with van der Waals surface area (Å²) in [5.74, 6) is -0.698. The van der Waals surface area contributed by atoms with Gasteiger partial charge in [0.1, 0.15) is 0 Å². The molecule has 0 heterocycles. The third-order valence-corrected chi connectivity index (χ3v) is 3.46. The molecule has 2 amide bonds. The van der Waals surface area contributed by atoms with Gasteiger partial charge in [0.05, 0.1) is 12.7 Å². The standard InChI is InChI=1S/C16H20N2O4/c1-11(19)18(9-8-15(20)17-13-6-7-13)14-5-3-4-12(10-14)16(21)22-2/h3-5,10,13H,6-9H2,1-2H3,(H,17,20). The van der Waals surface area contributed by atoms with E-state index in [2.05, 4.69) is 10.1 Å². The SMILES string of the molecule is COC(=O)c1cccc(N(CCC(=O)NC2CC2)C(C)=O)c1. The van der Waals surface area contributed by atoms with E-state index >= 15 is 0 Å². The van der Waals surface area contributed by atoms with E-state index in [1.807, 2.05) is 0 Å². The van der Waals surface area contributed by atoms with Gasteiger partial charge in [-0.3, -0.25) is 9.59 Å². The summed E-state index contributed by atoms with van der Waals surface area (Å²) in [7, 11) is 1.31. The molecule has 1 aromatic carbocycles. The second-order valence-electron chi connectivity index (χ2n) is 5.30. The van der Waals surface area contributed by atoms with Crippen molar-refractivity contribution in [2.24, 2.45) is 0 Å². The monoisotopic (exact) mass is 304 g/mol. The average Bonchev–Trinajstić information content (AvgIpc) is 3.30. The van der Waals surface area contributed by atoms with E-state index in [1.165, 1.54) is 18.9 Å². The van der Waals surface area contributed by atoms with Crippen LogP contribution < -0.4 is 10.2 Å². The lowest BCUT2D eigenvalue weighted by Crippen LogP contribution is -2.34. The number of hydrogen-bond acceptors (Lipinski definition) is 4. The Kier molecular flexibility index (Phi) is 5.14. The Morgan fingerprint density at radius 3 is 2.64 bits per heavy atom. The van der Waals surface area contributed by atoms with Crippen molar-refractivity contribution in [3.05, 3.63) is 29.8 Å². The van der Waals surface area contributed by atoms with Crippen LogP contribution in [0.5, 0.6) is 0 Å². The molecule has 0 bridgehead atoms. The molecule has 1 aliphatic carbocycles. The predicted octanol–water partition coefficient (Wildman–Crippen LogP) is 1.49. The predicted molar refractivity (Wildman–Crippen MR) is 81.6 cm³/mol. The van der Waals surface area contributed by atoms with Gasteiger partial charge in [-0.1, -0.05) is 6.07 Å². The quantitative estimate of drug-likeness (QED) is 0.808. The fraction of sp³-hybridized carbons (Fsp3) is 0.438. The Bertz CT molecular complexity index is 581. The number of carbonyl (C=O) groups is 3. The number of amides is 2. The van der Waals surface area contributed by atoms with Crippen LogP contribution in [0.2, 0.25) is 0 Å². The highest BCUT2D eigenvalue weighted by molar-refractivity contribution is 5.95. The van der Waals surface area contributed by atoms with Crippen molar-refractivity contribution in [2.75, 3.05) is 18.6 Å². The number of carbonyl (C=O) groups excluding carboxylic acids is 3. The highest BCUT2D eigenvalue weighted by Gasteiger charge is 2.23. The number of benzene rings is 1. The van der Waals surface area contributed by atoms with E-state index < -0.39 is 5.97 Å². The number of anilines is 1. The van der Waals surface area contributed by atoms with Crippen molar-refractivity contribution in [1.29, 1.82) is 0 Å². The van der Waals surface area contributed by atoms with Gasteiger partial charge in [0, 0.05) is 31.6 Å². The first-order valence-corrected chi connectivity index (χ1v) is 7.27. The molecule has 0 saturated heterocycles. The molecule has 1 N–H and O–H groups in total. The molecule has 1 aliphatic rings. The smallest absolute Gasteiger partial charge is 0.337 e. The zero-order valence-electron chi connectivity index (χ0n) is 12.8. The molecule has 22 heavy (non-hydrogen) atoms. The molecule has 0 radical (unpaired) electrons. The molecule has 6 nitrogen and oxygen atoms in total. The molecule has 1 aromatic rings. The highest BCUT2D eigenvalue weighted by atomic mass is 16.5. The van der Waals surface area contributed by atoms with Crippen molar-refractivity contribution < 1.29 is 19.1 Å². The molecule has 2 rings (SSSR count). The molecular weight excluding hydrogens is 284 g/mol. The van der Waals surface area contributed by atoms with Gasteiger partial charge in [-0.05, 0) is 31.0 Å². The fourth-order valence-electron chi connectivity index (χ4n) is 2.13. The maximum absolute atomic E-state index is 11.8. The highest BCUT2D eigenvalue weighted by Crippen LogP contribution is 2.20. The topological polar surface area (TPSA) is 75.7 Å². The van der Waals surface area contributed by atoms with Gasteiger partial charge in [0.15, 0.2) is 0 Å². The molecule has 0 aliphatic heterocycles. The van der Waals surface area contributed by atoms with Crippen LogP contribution in [0, 0.1) is 0 Å². The van der Waals surface area contributed by atoms with E-state index in [4.69, 9.17) is 0 Å². The van der Waals surface area contributed by atoms with Crippen molar-refractivity contribution in [3.63, 3.8) is 0 Å². The molecular formula is C16H20N2O4. The van der Waals surface area contributed by atoms with Gasteiger partial charge in [0.2, 0.25) is 11.8 Å². The van der Waals surface area contributed by atoms with Crippen molar-refractivity contribution in [2.45, 2.75) is 32.2 Å². The molecule has 0 spiro atoms. The second-order valence-corrected chi connectivity index (χ2v) is 5.30. The number of ether oxygens (including phenoxy) is 1. The van der Waals surface area contributed by atoms with Crippen LogP contribution in [0.15, 0.2) is 24.3 Å². The molecule has 0 aromatic heterocycles. The van der Waals surface area contributed by atoms with E-state index in [0.29, 0.717) is 17.3 Å². The zero-order valence-corrected chi connectivity index (χ0v) is 12.8. The number of esters is 1. The number of nitrogens with one attached hydrogen (secondary N) is 1. The van der Waals surface area contributed by atoms with E-state index in [-0.39, 0.29) is 24.8 Å². The van der Waals surface area contributed by atoms with Crippen LogP contribution in [0.4, 0.5) is 5.69 Å². The van der Waals surface area contributed by atoms with Gasteiger partial charge < -0.3 is 15.0 Å². The van der Waals surface area contributed by atoms with Crippen LogP contribution >= 0.6 is 0 Å².